The number of fused-ring (bicyclic) bond motifs is 1. The van der Waals surface area contributed by atoms with Crippen LogP contribution in [0.3, 0.4) is 0 Å². The van der Waals surface area contributed by atoms with E-state index >= 15 is 0 Å². The molecule has 1 saturated heterocycles. The second kappa shape index (κ2) is 5.77. The molecule has 23 heavy (non-hydrogen) atoms. The van der Waals surface area contributed by atoms with Crippen LogP contribution in [0.2, 0.25) is 0 Å². The predicted octanol–water partition coefficient (Wildman–Crippen LogP) is 3.40. The number of nitrogens with zero attached hydrogens (tertiary/aromatic N) is 4. The number of thiazole rings is 1. The molecule has 2 aromatic heterocycles. The fraction of sp³-hybridized carbons (Fsp3) is 0.353. The van der Waals surface area contributed by atoms with Crippen molar-refractivity contribution >= 4 is 27.5 Å². The maximum atomic E-state index is 12.9. The van der Waals surface area contributed by atoms with Gasteiger partial charge in [-0.25, -0.2) is 4.98 Å². The third-order valence-corrected chi connectivity index (χ3v) is 5.45. The third-order valence-electron chi connectivity index (χ3n) is 4.31. The van der Waals surface area contributed by atoms with Gasteiger partial charge in [-0.15, -0.1) is 11.3 Å². The van der Waals surface area contributed by atoms with Gasteiger partial charge in [0.1, 0.15) is 5.01 Å². The average Bonchev–Trinajstić information content (AvgIpc) is 3.20. The first-order valence-corrected chi connectivity index (χ1v) is 8.69. The minimum absolute atomic E-state index is 0.0575. The van der Waals surface area contributed by atoms with Crippen molar-refractivity contribution in [1.29, 1.82) is 0 Å². The topological polar surface area (TPSA) is 51.0 Å². The minimum Gasteiger partial charge on any atom is -0.329 e. The molecule has 6 heteroatoms. The summed E-state index contributed by atoms with van der Waals surface area (Å²) in [6, 6.07) is 8.24. The minimum atomic E-state index is 0.0575. The zero-order chi connectivity index (χ0) is 15.8. The highest BCUT2D eigenvalue weighted by Crippen LogP contribution is 2.36. The molecule has 1 atom stereocenters. The van der Waals surface area contributed by atoms with Crippen molar-refractivity contribution in [3.8, 4) is 0 Å². The Morgan fingerprint density at radius 2 is 2.17 bits per heavy atom. The zero-order valence-electron chi connectivity index (χ0n) is 13.0. The maximum absolute atomic E-state index is 12.9. The van der Waals surface area contributed by atoms with E-state index in [1.165, 1.54) is 4.70 Å². The van der Waals surface area contributed by atoms with Gasteiger partial charge in [0.25, 0.3) is 5.91 Å². The Kier molecular flexibility index (Phi) is 3.61. The van der Waals surface area contributed by atoms with E-state index in [9.17, 15) is 4.79 Å². The molecule has 0 bridgehead atoms. The zero-order valence-corrected chi connectivity index (χ0v) is 13.8. The Hall–Kier alpha value is -2.21. The first-order chi connectivity index (χ1) is 11.2. The summed E-state index contributed by atoms with van der Waals surface area (Å²) in [7, 11) is 1.83. The molecular formula is C17H18N4OS. The highest BCUT2D eigenvalue weighted by Gasteiger charge is 2.31. The van der Waals surface area contributed by atoms with Gasteiger partial charge in [0, 0.05) is 19.8 Å². The number of amides is 1. The van der Waals surface area contributed by atoms with Crippen molar-refractivity contribution in [3.05, 3.63) is 47.2 Å². The maximum Gasteiger partial charge on any atom is 0.257 e. The molecule has 0 aliphatic carbocycles. The molecular weight excluding hydrogens is 308 g/mol. The highest BCUT2D eigenvalue weighted by molar-refractivity contribution is 7.18. The molecule has 3 heterocycles. The van der Waals surface area contributed by atoms with E-state index in [1.807, 2.05) is 30.1 Å². The third kappa shape index (κ3) is 2.63. The number of aryl methyl sites for hydroxylation is 1. The van der Waals surface area contributed by atoms with Crippen molar-refractivity contribution in [3.63, 3.8) is 0 Å². The summed E-state index contributed by atoms with van der Waals surface area (Å²) >= 11 is 1.70. The van der Waals surface area contributed by atoms with Crippen molar-refractivity contribution < 1.29 is 4.79 Å². The second-order valence-electron chi connectivity index (χ2n) is 5.93. The van der Waals surface area contributed by atoms with Gasteiger partial charge in [0.2, 0.25) is 0 Å². The number of para-hydroxylation sites is 1. The highest BCUT2D eigenvalue weighted by atomic mass is 32.1. The van der Waals surface area contributed by atoms with E-state index in [0.29, 0.717) is 5.56 Å². The van der Waals surface area contributed by atoms with E-state index in [2.05, 4.69) is 11.2 Å². The van der Waals surface area contributed by atoms with Crippen molar-refractivity contribution in [1.82, 2.24) is 19.7 Å². The van der Waals surface area contributed by atoms with Gasteiger partial charge in [0.15, 0.2) is 0 Å². The monoisotopic (exact) mass is 326 g/mol. The summed E-state index contributed by atoms with van der Waals surface area (Å²) in [5, 5.41) is 5.17. The molecule has 4 rings (SSSR count). The Labute approximate surface area is 138 Å². The number of piperidine rings is 1. The summed E-state index contributed by atoms with van der Waals surface area (Å²) in [6.45, 7) is 0.786. The first-order valence-electron chi connectivity index (χ1n) is 7.87. The summed E-state index contributed by atoms with van der Waals surface area (Å²) in [5.74, 6) is 0.0575. The quantitative estimate of drug-likeness (QED) is 0.725. The molecule has 0 radical (unpaired) electrons. The Morgan fingerprint density at radius 1 is 1.30 bits per heavy atom. The van der Waals surface area contributed by atoms with Gasteiger partial charge in [-0.3, -0.25) is 9.48 Å². The Morgan fingerprint density at radius 3 is 2.96 bits per heavy atom. The molecule has 1 aromatic carbocycles. The lowest BCUT2D eigenvalue weighted by Gasteiger charge is -2.34. The number of rotatable bonds is 2. The SMILES string of the molecule is Cn1cc(C(=O)N2CCCC[C@H]2c2nc3ccccc3s2)cn1. The smallest absolute Gasteiger partial charge is 0.257 e. The summed E-state index contributed by atoms with van der Waals surface area (Å²) in [4.78, 5) is 19.6. The van der Waals surface area contributed by atoms with Crippen LogP contribution >= 0.6 is 11.3 Å². The van der Waals surface area contributed by atoms with E-state index < -0.39 is 0 Å². The van der Waals surface area contributed by atoms with Crippen LogP contribution in [0.15, 0.2) is 36.7 Å². The van der Waals surface area contributed by atoms with E-state index in [1.54, 1.807) is 28.4 Å². The van der Waals surface area contributed by atoms with Crippen LogP contribution in [0.1, 0.15) is 40.7 Å². The lowest BCUT2D eigenvalue weighted by Crippen LogP contribution is -2.38. The number of hydrogen-bond acceptors (Lipinski definition) is 4. The second-order valence-corrected chi connectivity index (χ2v) is 6.99. The number of likely N-dealkylation sites (tertiary alicyclic amines) is 1. The van der Waals surface area contributed by atoms with Gasteiger partial charge in [-0.2, -0.15) is 5.10 Å². The van der Waals surface area contributed by atoms with Crippen LogP contribution in [-0.4, -0.2) is 32.1 Å². The molecule has 0 unspecified atom stereocenters. The fourth-order valence-corrected chi connectivity index (χ4v) is 4.28. The lowest BCUT2D eigenvalue weighted by molar-refractivity contribution is 0.0611. The Bertz CT molecular complexity index is 820. The number of carbonyl (C=O) groups is 1. The van der Waals surface area contributed by atoms with Crippen molar-refractivity contribution in [2.75, 3.05) is 6.54 Å². The lowest BCUT2D eigenvalue weighted by atomic mass is 10.0. The fourth-order valence-electron chi connectivity index (χ4n) is 3.16. The predicted molar refractivity (Wildman–Crippen MR) is 90.5 cm³/mol. The summed E-state index contributed by atoms with van der Waals surface area (Å²) in [6.07, 6.45) is 6.59. The molecule has 1 aliphatic heterocycles. The molecule has 118 valence electrons. The number of carbonyl (C=O) groups excluding carboxylic acids is 1. The molecule has 3 aromatic rings. The molecule has 1 amide bonds. The largest absolute Gasteiger partial charge is 0.329 e. The number of aromatic nitrogens is 3. The molecule has 1 aliphatic rings. The molecule has 0 saturated carbocycles. The average molecular weight is 326 g/mol. The van der Waals surface area contributed by atoms with Crippen LogP contribution in [0.5, 0.6) is 0 Å². The van der Waals surface area contributed by atoms with Crippen LogP contribution in [-0.2, 0) is 7.05 Å². The summed E-state index contributed by atoms with van der Waals surface area (Å²) < 4.78 is 2.85. The van der Waals surface area contributed by atoms with Crippen LogP contribution in [0.25, 0.3) is 10.2 Å². The van der Waals surface area contributed by atoms with Gasteiger partial charge in [-0.05, 0) is 31.4 Å². The molecule has 1 fully saturated rings. The van der Waals surface area contributed by atoms with Crippen LogP contribution in [0, 0.1) is 0 Å². The number of hydrogen-bond donors (Lipinski definition) is 0. The first kappa shape index (κ1) is 14.4. The molecule has 5 nitrogen and oxygen atoms in total. The Balaban J connectivity index is 1.68. The van der Waals surface area contributed by atoms with Gasteiger partial charge in [0.05, 0.1) is 28.0 Å². The van der Waals surface area contributed by atoms with Crippen LogP contribution in [0.4, 0.5) is 0 Å². The molecule has 0 N–H and O–H groups in total. The normalized spacial score (nSPS) is 18.5. The van der Waals surface area contributed by atoms with Crippen molar-refractivity contribution in [2.45, 2.75) is 25.3 Å². The summed E-state index contributed by atoms with van der Waals surface area (Å²) in [5.41, 5.74) is 1.67. The van der Waals surface area contributed by atoms with Gasteiger partial charge < -0.3 is 4.90 Å². The standard InChI is InChI=1S/C17H18N4OS/c1-20-11-12(10-18-20)17(22)21-9-5-4-7-14(21)16-19-13-6-2-3-8-15(13)23-16/h2-3,6,8,10-11,14H,4-5,7,9H2,1H3/t14-/m0/s1. The van der Waals surface area contributed by atoms with Gasteiger partial charge in [-0.1, -0.05) is 12.1 Å². The molecule has 0 spiro atoms. The van der Waals surface area contributed by atoms with E-state index in [-0.39, 0.29) is 11.9 Å². The van der Waals surface area contributed by atoms with Crippen LogP contribution < -0.4 is 0 Å². The van der Waals surface area contributed by atoms with Gasteiger partial charge >= 0.3 is 0 Å². The number of benzene rings is 1. The van der Waals surface area contributed by atoms with E-state index in [4.69, 9.17) is 4.98 Å². The van der Waals surface area contributed by atoms with E-state index in [0.717, 1.165) is 36.3 Å². The van der Waals surface area contributed by atoms with Crippen molar-refractivity contribution in [2.24, 2.45) is 7.05 Å².